The Hall–Kier alpha value is -0.300. The van der Waals surface area contributed by atoms with Crippen LogP contribution in [0.3, 0.4) is 0 Å². The second-order valence-electron chi connectivity index (χ2n) is 6.77. The van der Waals surface area contributed by atoms with Gasteiger partial charge in [0.1, 0.15) is 0 Å². The van der Waals surface area contributed by atoms with Crippen LogP contribution in [0.5, 0.6) is 0 Å². The molecule has 3 atom stereocenters. The fraction of sp³-hybridized carbons (Fsp3) is 0.875. The van der Waals surface area contributed by atoms with Crippen LogP contribution >= 0.6 is 0 Å². The molecule has 0 amide bonds. The SMILES string of the molecule is C=C(C)[C@]1(C)CCCN(CC2CC2)[C@H](C)[C@@H]1C. The van der Waals surface area contributed by atoms with E-state index in [-0.39, 0.29) is 0 Å². The molecule has 0 aromatic carbocycles. The molecule has 0 spiro atoms. The second-order valence-corrected chi connectivity index (χ2v) is 6.77. The van der Waals surface area contributed by atoms with E-state index in [2.05, 4.69) is 39.2 Å². The molecule has 2 fully saturated rings. The first-order valence-electron chi connectivity index (χ1n) is 7.35. The molecule has 1 heterocycles. The summed E-state index contributed by atoms with van der Waals surface area (Å²) in [7, 11) is 0. The van der Waals surface area contributed by atoms with Crippen molar-refractivity contribution >= 4 is 0 Å². The summed E-state index contributed by atoms with van der Waals surface area (Å²) in [6, 6.07) is 0.708. The van der Waals surface area contributed by atoms with Crippen LogP contribution in [0.15, 0.2) is 12.2 Å². The zero-order chi connectivity index (χ0) is 12.6. The largest absolute Gasteiger partial charge is 0.300 e. The van der Waals surface area contributed by atoms with Gasteiger partial charge in [-0.05, 0) is 63.3 Å². The van der Waals surface area contributed by atoms with Crippen molar-refractivity contribution < 1.29 is 0 Å². The van der Waals surface area contributed by atoms with Gasteiger partial charge in [-0.1, -0.05) is 26.0 Å². The minimum Gasteiger partial charge on any atom is -0.300 e. The Balaban J connectivity index is 2.09. The van der Waals surface area contributed by atoms with Gasteiger partial charge in [-0.15, -0.1) is 0 Å². The lowest BCUT2D eigenvalue weighted by molar-refractivity contribution is 0.124. The molecular weight excluding hydrogens is 206 g/mol. The average molecular weight is 235 g/mol. The monoisotopic (exact) mass is 235 g/mol. The Kier molecular flexibility index (Phi) is 3.68. The van der Waals surface area contributed by atoms with Gasteiger partial charge in [0, 0.05) is 12.6 Å². The second kappa shape index (κ2) is 4.76. The van der Waals surface area contributed by atoms with E-state index in [1.165, 1.54) is 44.3 Å². The molecule has 0 bridgehead atoms. The van der Waals surface area contributed by atoms with Crippen molar-refractivity contribution in [3.63, 3.8) is 0 Å². The minimum atomic E-state index is 0.345. The topological polar surface area (TPSA) is 3.24 Å². The van der Waals surface area contributed by atoms with Gasteiger partial charge in [0.2, 0.25) is 0 Å². The van der Waals surface area contributed by atoms with Crippen LogP contribution in [0.4, 0.5) is 0 Å². The summed E-state index contributed by atoms with van der Waals surface area (Å²) in [6.07, 6.45) is 5.59. The third-order valence-corrected chi connectivity index (χ3v) is 5.61. The Labute approximate surface area is 107 Å². The Morgan fingerprint density at radius 2 is 2.00 bits per heavy atom. The molecule has 1 saturated heterocycles. The molecule has 1 saturated carbocycles. The lowest BCUT2D eigenvalue weighted by Gasteiger charge is -2.40. The molecule has 0 aromatic rings. The van der Waals surface area contributed by atoms with Crippen LogP contribution in [0.2, 0.25) is 0 Å². The number of likely N-dealkylation sites (tertiary alicyclic amines) is 1. The van der Waals surface area contributed by atoms with Crippen molar-refractivity contribution in [3.8, 4) is 0 Å². The number of hydrogen-bond donors (Lipinski definition) is 0. The zero-order valence-corrected chi connectivity index (χ0v) is 12.1. The van der Waals surface area contributed by atoms with Gasteiger partial charge in [-0.25, -0.2) is 0 Å². The standard InChI is InChI=1S/C16H29N/c1-12(2)16(5)9-6-10-17(11-15-7-8-15)14(4)13(16)3/h13-15H,1,6-11H2,2-5H3/t13-,14+,16-/m0/s1. The fourth-order valence-corrected chi connectivity index (χ4v) is 3.42. The van der Waals surface area contributed by atoms with Gasteiger partial charge in [0.15, 0.2) is 0 Å². The third kappa shape index (κ3) is 2.59. The van der Waals surface area contributed by atoms with Crippen LogP contribution in [0, 0.1) is 17.3 Å². The van der Waals surface area contributed by atoms with Crippen molar-refractivity contribution in [1.82, 2.24) is 4.90 Å². The molecule has 17 heavy (non-hydrogen) atoms. The number of hydrogen-bond acceptors (Lipinski definition) is 1. The maximum Gasteiger partial charge on any atom is 0.0101 e. The predicted molar refractivity (Wildman–Crippen MR) is 75.1 cm³/mol. The van der Waals surface area contributed by atoms with Crippen molar-refractivity contribution in [1.29, 1.82) is 0 Å². The smallest absolute Gasteiger partial charge is 0.0101 e. The summed E-state index contributed by atoms with van der Waals surface area (Å²) in [5, 5.41) is 0. The molecule has 1 nitrogen and oxygen atoms in total. The summed E-state index contributed by atoms with van der Waals surface area (Å²) >= 11 is 0. The lowest BCUT2D eigenvalue weighted by Crippen LogP contribution is -2.42. The Morgan fingerprint density at radius 3 is 2.53 bits per heavy atom. The van der Waals surface area contributed by atoms with Gasteiger partial charge in [-0.2, -0.15) is 0 Å². The van der Waals surface area contributed by atoms with E-state index in [9.17, 15) is 0 Å². The minimum absolute atomic E-state index is 0.345. The molecule has 1 aliphatic heterocycles. The van der Waals surface area contributed by atoms with Crippen LogP contribution in [-0.4, -0.2) is 24.0 Å². The molecule has 0 unspecified atom stereocenters. The normalized spacial score (nSPS) is 40.0. The maximum absolute atomic E-state index is 4.26. The van der Waals surface area contributed by atoms with Gasteiger partial charge in [0.25, 0.3) is 0 Å². The van der Waals surface area contributed by atoms with Crippen molar-refractivity contribution in [2.75, 3.05) is 13.1 Å². The summed E-state index contributed by atoms with van der Waals surface area (Å²) in [4.78, 5) is 2.75. The van der Waals surface area contributed by atoms with Crippen LogP contribution in [0.25, 0.3) is 0 Å². The predicted octanol–water partition coefficient (Wildman–Crippen LogP) is 4.10. The first kappa shape index (κ1) is 13.1. The Morgan fingerprint density at radius 1 is 1.35 bits per heavy atom. The van der Waals surface area contributed by atoms with E-state index in [1.54, 1.807) is 0 Å². The van der Waals surface area contributed by atoms with E-state index in [4.69, 9.17) is 0 Å². The molecule has 0 N–H and O–H groups in total. The first-order chi connectivity index (χ1) is 7.95. The summed E-state index contributed by atoms with van der Waals surface area (Å²) in [5.74, 6) is 1.74. The van der Waals surface area contributed by atoms with E-state index >= 15 is 0 Å². The number of allylic oxidation sites excluding steroid dienone is 1. The van der Waals surface area contributed by atoms with E-state index in [0.717, 1.165) is 11.8 Å². The number of rotatable bonds is 3. The Bertz CT molecular complexity index is 292. The quantitative estimate of drug-likeness (QED) is 0.666. The van der Waals surface area contributed by atoms with Crippen LogP contribution in [0.1, 0.15) is 53.4 Å². The van der Waals surface area contributed by atoms with E-state index in [0.29, 0.717) is 11.5 Å². The molecule has 2 rings (SSSR count). The highest BCUT2D eigenvalue weighted by Crippen LogP contribution is 2.44. The van der Waals surface area contributed by atoms with Crippen LogP contribution in [-0.2, 0) is 0 Å². The van der Waals surface area contributed by atoms with Gasteiger partial charge in [0.05, 0.1) is 0 Å². The average Bonchev–Trinajstić information content (AvgIpc) is 3.08. The van der Waals surface area contributed by atoms with Gasteiger partial charge >= 0.3 is 0 Å². The summed E-state index contributed by atoms with van der Waals surface area (Å²) in [5.41, 5.74) is 1.72. The summed E-state index contributed by atoms with van der Waals surface area (Å²) < 4.78 is 0. The lowest BCUT2D eigenvalue weighted by atomic mass is 9.68. The van der Waals surface area contributed by atoms with E-state index < -0.39 is 0 Å². The third-order valence-electron chi connectivity index (χ3n) is 5.61. The van der Waals surface area contributed by atoms with Crippen LogP contribution < -0.4 is 0 Å². The summed E-state index contributed by atoms with van der Waals surface area (Å²) in [6.45, 7) is 16.4. The highest BCUT2D eigenvalue weighted by Gasteiger charge is 2.40. The highest BCUT2D eigenvalue weighted by molar-refractivity contribution is 5.10. The first-order valence-corrected chi connectivity index (χ1v) is 7.35. The molecule has 98 valence electrons. The van der Waals surface area contributed by atoms with Crippen molar-refractivity contribution in [2.24, 2.45) is 17.3 Å². The molecule has 2 aliphatic rings. The maximum atomic E-state index is 4.26. The fourth-order valence-electron chi connectivity index (χ4n) is 3.42. The molecule has 0 aromatic heterocycles. The van der Waals surface area contributed by atoms with E-state index in [1.807, 2.05) is 0 Å². The van der Waals surface area contributed by atoms with Crippen molar-refractivity contribution in [3.05, 3.63) is 12.2 Å². The molecule has 1 aliphatic carbocycles. The molecule has 0 radical (unpaired) electrons. The molecular formula is C16H29N. The zero-order valence-electron chi connectivity index (χ0n) is 12.1. The number of nitrogens with zero attached hydrogens (tertiary/aromatic N) is 1. The molecule has 1 heteroatoms. The highest BCUT2D eigenvalue weighted by atomic mass is 15.2. The van der Waals surface area contributed by atoms with Gasteiger partial charge in [-0.3, -0.25) is 0 Å². The van der Waals surface area contributed by atoms with Gasteiger partial charge < -0.3 is 4.90 Å². The van der Waals surface area contributed by atoms with Crippen molar-refractivity contribution in [2.45, 2.75) is 59.4 Å².